The minimum atomic E-state index is -0.497. The van der Waals surface area contributed by atoms with Gasteiger partial charge in [-0.25, -0.2) is 4.99 Å². The van der Waals surface area contributed by atoms with Gasteiger partial charge in [0.25, 0.3) is 0 Å². The molecule has 2 heterocycles. The highest BCUT2D eigenvalue weighted by molar-refractivity contribution is 8.02. The van der Waals surface area contributed by atoms with E-state index in [1.54, 1.807) is 17.8 Å². The van der Waals surface area contributed by atoms with E-state index in [4.69, 9.17) is 15.7 Å². The molecule has 2 aliphatic heterocycles. The molecule has 2 rings (SSSR count). The number of ketones is 1. The van der Waals surface area contributed by atoms with Crippen LogP contribution in [0.3, 0.4) is 0 Å². The van der Waals surface area contributed by atoms with Crippen LogP contribution in [0.15, 0.2) is 16.5 Å². The number of nitrogens with two attached hydrogens (primary N) is 1. The maximum atomic E-state index is 12.0. The van der Waals surface area contributed by atoms with Crippen molar-refractivity contribution in [2.24, 2.45) is 10.7 Å². The molecule has 7 heteroatoms. The lowest BCUT2D eigenvalue weighted by Crippen LogP contribution is -2.50. The summed E-state index contributed by atoms with van der Waals surface area (Å²) < 4.78 is 5.76. The Kier molecular flexibility index (Phi) is 6.43. The fraction of sp³-hybridized carbons (Fsp3) is 0.667. The molecular weight excluding hydrogens is 300 g/mol. The zero-order chi connectivity index (χ0) is 15.9. The topological polar surface area (TPSA) is 91.7 Å². The van der Waals surface area contributed by atoms with Gasteiger partial charge in [-0.1, -0.05) is 0 Å². The van der Waals surface area contributed by atoms with Crippen LogP contribution in [0, 0.1) is 11.3 Å². The Morgan fingerprint density at radius 1 is 1.64 bits per heavy atom. The average Bonchev–Trinajstić information content (AvgIpc) is 2.59. The van der Waals surface area contributed by atoms with Gasteiger partial charge in [-0.15, -0.1) is 11.8 Å². The number of Topliss-reactive ketones (excluding diaryl/α,β-unsaturated/α-hetero) is 1. The molecule has 0 spiro atoms. The van der Waals surface area contributed by atoms with Crippen molar-refractivity contribution in [3.63, 3.8) is 0 Å². The predicted octanol–water partition coefficient (Wildman–Crippen LogP) is 1.28. The Balaban J connectivity index is 2.12. The van der Waals surface area contributed by atoms with Crippen molar-refractivity contribution >= 4 is 23.4 Å². The molecule has 6 nitrogen and oxygen atoms in total. The number of carbonyl (C=O) groups is 1. The van der Waals surface area contributed by atoms with Gasteiger partial charge in [0.1, 0.15) is 6.17 Å². The van der Waals surface area contributed by atoms with Crippen molar-refractivity contribution < 1.29 is 9.53 Å². The van der Waals surface area contributed by atoms with E-state index in [1.807, 2.05) is 10.3 Å². The maximum Gasteiger partial charge on any atom is 0.194 e. The number of rotatable bonds is 3. The Labute approximate surface area is 135 Å². The molecule has 0 aromatic rings. The monoisotopic (exact) mass is 322 g/mol. The fourth-order valence-electron chi connectivity index (χ4n) is 2.67. The lowest BCUT2D eigenvalue weighted by atomic mass is 10.0. The van der Waals surface area contributed by atoms with Crippen LogP contribution in [0.1, 0.15) is 26.2 Å². The van der Waals surface area contributed by atoms with Crippen LogP contribution in [-0.2, 0) is 9.53 Å². The zero-order valence-corrected chi connectivity index (χ0v) is 13.6. The molecule has 22 heavy (non-hydrogen) atoms. The van der Waals surface area contributed by atoms with Crippen LogP contribution < -0.4 is 5.73 Å². The number of amidine groups is 1. The third kappa shape index (κ3) is 4.57. The summed E-state index contributed by atoms with van der Waals surface area (Å²) >= 11 is 1.67. The van der Waals surface area contributed by atoms with E-state index in [-0.39, 0.29) is 17.9 Å². The largest absolute Gasteiger partial charge is 0.375 e. The lowest BCUT2D eigenvalue weighted by molar-refractivity contribution is -0.112. The molecule has 0 radical (unpaired) electrons. The van der Waals surface area contributed by atoms with Gasteiger partial charge in [0.15, 0.2) is 11.6 Å². The Bertz CT molecular complexity index is 492. The Hall–Kier alpha value is -1.36. The summed E-state index contributed by atoms with van der Waals surface area (Å²) in [6, 6.07) is 2.26. The first-order valence-corrected chi connectivity index (χ1v) is 8.54. The molecule has 0 bridgehead atoms. The Morgan fingerprint density at radius 3 is 3.09 bits per heavy atom. The molecule has 2 aliphatic rings. The first-order valence-electron chi connectivity index (χ1n) is 7.49. The number of hydrogen-bond donors (Lipinski definition) is 1. The van der Waals surface area contributed by atoms with Gasteiger partial charge in [0.05, 0.1) is 31.2 Å². The van der Waals surface area contributed by atoms with Crippen molar-refractivity contribution in [2.45, 2.75) is 44.5 Å². The molecule has 0 saturated carbocycles. The summed E-state index contributed by atoms with van der Waals surface area (Å²) in [5, 5.41) is 10.7. The van der Waals surface area contributed by atoms with E-state index in [9.17, 15) is 4.79 Å². The van der Waals surface area contributed by atoms with Crippen LogP contribution >= 0.6 is 11.8 Å². The first kappa shape index (κ1) is 17.0. The fourth-order valence-corrected chi connectivity index (χ4v) is 3.38. The molecule has 120 valence electrons. The molecule has 0 aromatic heterocycles. The van der Waals surface area contributed by atoms with Crippen molar-refractivity contribution in [2.75, 3.05) is 18.9 Å². The van der Waals surface area contributed by atoms with Crippen molar-refractivity contribution in [3.8, 4) is 6.07 Å². The van der Waals surface area contributed by atoms with Gasteiger partial charge in [0.2, 0.25) is 0 Å². The van der Waals surface area contributed by atoms with Crippen LogP contribution in [-0.4, -0.2) is 53.7 Å². The zero-order valence-electron chi connectivity index (χ0n) is 12.8. The number of ether oxygens (including phenoxy) is 1. The van der Waals surface area contributed by atoms with Gasteiger partial charge >= 0.3 is 0 Å². The molecule has 2 N–H and O–H groups in total. The molecular formula is C15H22N4O2S. The van der Waals surface area contributed by atoms with E-state index in [0.717, 1.165) is 25.1 Å². The van der Waals surface area contributed by atoms with E-state index >= 15 is 0 Å². The summed E-state index contributed by atoms with van der Waals surface area (Å²) in [6.07, 6.45) is 3.46. The lowest BCUT2D eigenvalue weighted by Gasteiger charge is -2.37. The molecule has 1 fully saturated rings. The first-order chi connectivity index (χ1) is 10.6. The van der Waals surface area contributed by atoms with E-state index in [0.29, 0.717) is 18.9 Å². The Morgan fingerprint density at radius 2 is 2.45 bits per heavy atom. The minimum absolute atomic E-state index is 0.00907. The highest BCUT2D eigenvalue weighted by Crippen LogP contribution is 2.22. The van der Waals surface area contributed by atoms with Gasteiger partial charge in [-0.2, -0.15) is 5.26 Å². The molecule has 0 aromatic carbocycles. The number of thioether (sulfide) groups is 1. The van der Waals surface area contributed by atoms with Crippen molar-refractivity contribution in [1.82, 2.24) is 4.90 Å². The maximum absolute atomic E-state index is 12.0. The second-order valence-electron chi connectivity index (χ2n) is 5.44. The summed E-state index contributed by atoms with van der Waals surface area (Å²) in [7, 11) is 0. The molecule has 2 unspecified atom stereocenters. The molecule has 3 atom stereocenters. The number of nitrogens with zero attached hydrogens (tertiary/aromatic N) is 3. The third-order valence-corrected chi connectivity index (χ3v) is 4.55. The van der Waals surface area contributed by atoms with Gasteiger partial charge in [0, 0.05) is 19.2 Å². The smallest absolute Gasteiger partial charge is 0.194 e. The quantitative estimate of drug-likeness (QED) is 0.841. The number of carbonyl (C=O) groups excluding carboxylic acids is 1. The molecule has 0 aliphatic carbocycles. The van der Waals surface area contributed by atoms with Gasteiger partial charge < -0.3 is 15.4 Å². The van der Waals surface area contributed by atoms with Crippen LogP contribution in [0.4, 0.5) is 0 Å². The normalized spacial score (nSPS) is 29.8. The summed E-state index contributed by atoms with van der Waals surface area (Å²) in [4.78, 5) is 18.4. The second kappa shape index (κ2) is 8.32. The summed E-state index contributed by atoms with van der Waals surface area (Å²) in [6.45, 7) is 2.78. The number of hydrogen-bond acceptors (Lipinski definition) is 7. The molecule has 0 amide bonds. The summed E-state index contributed by atoms with van der Waals surface area (Å²) in [5.41, 5.74) is 5.92. The van der Waals surface area contributed by atoms with Gasteiger partial charge in [-0.3, -0.25) is 4.79 Å². The second-order valence-corrected chi connectivity index (χ2v) is 6.45. The number of nitriles is 1. The summed E-state index contributed by atoms with van der Waals surface area (Å²) in [5.74, 6) is 1.23. The van der Waals surface area contributed by atoms with E-state index in [1.165, 1.54) is 6.92 Å². The third-order valence-electron chi connectivity index (χ3n) is 3.79. The van der Waals surface area contributed by atoms with Crippen molar-refractivity contribution in [1.29, 1.82) is 5.26 Å². The SMILES string of the molecule is CC(=O)C1=NC(N)C=CSCCN1C1CC[C@H](CC#N)OC1. The van der Waals surface area contributed by atoms with Crippen LogP contribution in [0.5, 0.6) is 0 Å². The van der Waals surface area contributed by atoms with Crippen LogP contribution in [0.25, 0.3) is 0 Å². The van der Waals surface area contributed by atoms with E-state index in [2.05, 4.69) is 11.1 Å². The van der Waals surface area contributed by atoms with Gasteiger partial charge in [-0.05, 0) is 24.3 Å². The predicted molar refractivity (Wildman–Crippen MR) is 87.4 cm³/mol. The van der Waals surface area contributed by atoms with E-state index < -0.39 is 6.17 Å². The standard InChI is InChI=1S/C15H22N4O2S/c1-11(20)15-18-14(17)5-8-22-9-7-19(15)12-2-3-13(4-6-16)21-10-12/h5,8,12-14H,2-4,7,9-10,17H2,1H3/t12?,13-,14?/m1/s1. The van der Waals surface area contributed by atoms with Crippen LogP contribution in [0.2, 0.25) is 0 Å². The number of aliphatic imine (C=N–C) groups is 1. The average molecular weight is 322 g/mol. The highest BCUT2D eigenvalue weighted by Gasteiger charge is 2.30. The highest BCUT2D eigenvalue weighted by atomic mass is 32.2. The minimum Gasteiger partial charge on any atom is -0.375 e. The van der Waals surface area contributed by atoms with Crippen molar-refractivity contribution in [3.05, 3.63) is 11.5 Å². The molecule has 1 saturated heterocycles.